The Morgan fingerprint density at radius 1 is 1.30 bits per heavy atom. The second-order valence-electron chi connectivity index (χ2n) is 5.15. The van der Waals surface area contributed by atoms with E-state index in [0.29, 0.717) is 11.0 Å². The van der Waals surface area contributed by atoms with Crippen LogP contribution in [0.25, 0.3) is 0 Å². The molecule has 0 spiro atoms. The van der Waals surface area contributed by atoms with Gasteiger partial charge in [0.15, 0.2) is 0 Å². The number of aryl methyl sites for hydroxylation is 1. The van der Waals surface area contributed by atoms with Gasteiger partial charge in [0, 0.05) is 18.7 Å². The van der Waals surface area contributed by atoms with E-state index >= 15 is 0 Å². The highest BCUT2D eigenvalue weighted by molar-refractivity contribution is 9.10. The van der Waals surface area contributed by atoms with Crippen LogP contribution in [-0.2, 0) is 13.0 Å². The van der Waals surface area contributed by atoms with Gasteiger partial charge in [0.05, 0.1) is 4.47 Å². The molecule has 104 valence electrons. The maximum atomic E-state index is 12.1. The van der Waals surface area contributed by atoms with Gasteiger partial charge in [-0.3, -0.25) is 9.36 Å². The van der Waals surface area contributed by atoms with Gasteiger partial charge in [-0.05, 0) is 46.3 Å². The van der Waals surface area contributed by atoms with Gasteiger partial charge in [-0.2, -0.15) is 0 Å². The second-order valence-corrected chi connectivity index (χ2v) is 6.00. The number of H-pyrrole nitrogens is 1. The molecule has 5 heteroatoms. The number of hydrogen-bond donors (Lipinski definition) is 1. The zero-order valence-corrected chi connectivity index (χ0v) is 12.5. The van der Waals surface area contributed by atoms with Crippen LogP contribution in [0.5, 0.6) is 0 Å². The molecule has 0 saturated carbocycles. The summed E-state index contributed by atoms with van der Waals surface area (Å²) >= 11 is 3.17. The van der Waals surface area contributed by atoms with Gasteiger partial charge < -0.3 is 4.98 Å². The van der Waals surface area contributed by atoms with Crippen LogP contribution in [0.15, 0.2) is 44.5 Å². The molecular formula is C15H15BrN2O2. The van der Waals surface area contributed by atoms with Crippen LogP contribution in [0.2, 0.25) is 0 Å². The quantitative estimate of drug-likeness (QED) is 0.916. The van der Waals surface area contributed by atoms with E-state index in [0.717, 1.165) is 19.3 Å². The van der Waals surface area contributed by atoms with Crippen molar-refractivity contribution in [1.82, 2.24) is 9.55 Å². The number of aromatic amines is 1. The standard InChI is InChI=1S/C15H15BrN2O2/c16-13-8-17-15(20)18(14(13)19)9-11-6-3-5-10-4-1-2-7-12(10)11/h1-2,4,7-8,11H,3,5-6,9H2,(H,17,20). The summed E-state index contributed by atoms with van der Waals surface area (Å²) in [5.41, 5.74) is 1.99. The molecule has 1 N–H and O–H groups in total. The lowest BCUT2D eigenvalue weighted by atomic mass is 9.83. The smallest absolute Gasteiger partial charge is 0.313 e. The lowest BCUT2D eigenvalue weighted by molar-refractivity contribution is 0.463. The van der Waals surface area contributed by atoms with Crippen molar-refractivity contribution < 1.29 is 0 Å². The molecule has 3 rings (SSSR count). The third-order valence-electron chi connectivity index (χ3n) is 3.91. The van der Waals surface area contributed by atoms with Gasteiger partial charge in [0.25, 0.3) is 5.56 Å². The fourth-order valence-corrected chi connectivity index (χ4v) is 3.24. The molecular weight excluding hydrogens is 320 g/mol. The summed E-state index contributed by atoms with van der Waals surface area (Å²) < 4.78 is 1.68. The van der Waals surface area contributed by atoms with Crippen LogP contribution in [0.1, 0.15) is 29.9 Å². The second kappa shape index (κ2) is 5.40. The van der Waals surface area contributed by atoms with Gasteiger partial charge in [0.2, 0.25) is 0 Å². The Morgan fingerprint density at radius 3 is 2.95 bits per heavy atom. The Hall–Kier alpha value is -1.62. The average molecular weight is 335 g/mol. The predicted octanol–water partition coefficient (Wildman–Crippen LogP) is 2.42. The van der Waals surface area contributed by atoms with Gasteiger partial charge in [-0.1, -0.05) is 24.3 Å². The van der Waals surface area contributed by atoms with E-state index in [1.165, 1.54) is 21.9 Å². The molecule has 0 amide bonds. The molecule has 1 atom stereocenters. The summed E-state index contributed by atoms with van der Waals surface area (Å²) in [4.78, 5) is 26.5. The van der Waals surface area contributed by atoms with E-state index in [-0.39, 0.29) is 17.2 Å². The third kappa shape index (κ3) is 2.38. The lowest BCUT2D eigenvalue weighted by Crippen LogP contribution is -2.37. The topological polar surface area (TPSA) is 54.9 Å². The van der Waals surface area contributed by atoms with Crippen molar-refractivity contribution >= 4 is 15.9 Å². The fourth-order valence-electron chi connectivity index (χ4n) is 2.92. The van der Waals surface area contributed by atoms with Gasteiger partial charge in [0.1, 0.15) is 0 Å². The number of aromatic nitrogens is 2. The van der Waals surface area contributed by atoms with Crippen molar-refractivity contribution in [3.05, 3.63) is 66.9 Å². The molecule has 1 aliphatic rings. The Labute approximate surface area is 124 Å². The largest absolute Gasteiger partial charge is 0.328 e. The van der Waals surface area contributed by atoms with Crippen molar-refractivity contribution in [3.8, 4) is 0 Å². The highest BCUT2D eigenvalue weighted by atomic mass is 79.9. The lowest BCUT2D eigenvalue weighted by Gasteiger charge is -2.25. The van der Waals surface area contributed by atoms with E-state index < -0.39 is 0 Å². The number of fused-ring (bicyclic) bond motifs is 1. The summed E-state index contributed by atoms with van der Waals surface area (Å²) in [6, 6.07) is 8.30. The molecule has 1 aromatic heterocycles. The van der Waals surface area contributed by atoms with E-state index in [4.69, 9.17) is 0 Å². The maximum Gasteiger partial charge on any atom is 0.328 e. The first-order valence-electron chi connectivity index (χ1n) is 6.72. The Morgan fingerprint density at radius 2 is 2.10 bits per heavy atom. The van der Waals surface area contributed by atoms with Crippen LogP contribution in [0.4, 0.5) is 0 Å². The summed E-state index contributed by atoms with van der Waals surface area (Å²) in [6.07, 6.45) is 4.59. The molecule has 2 aromatic rings. The fraction of sp³-hybridized carbons (Fsp3) is 0.333. The summed E-state index contributed by atoms with van der Waals surface area (Å²) in [7, 11) is 0. The van der Waals surface area contributed by atoms with Gasteiger partial charge in [-0.25, -0.2) is 4.79 Å². The number of hydrogen-bond acceptors (Lipinski definition) is 2. The molecule has 0 saturated heterocycles. The van der Waals surface area contributed by atoms with E-state index in [9.17, 15) is 9.59 Å². The summed E-state index contributed by atoms with van der Waals surface area (Å²) in [6.45, 7) is 0.435. The van der Waals surface area contributed by atoms with Crippen LogP contribution in [0, 0.1) is 0 Å². The minimum atomic E-state index is -0.346. The minimum Gasteiger partial charge on any atom is -0.313 e. The zero-order chi connectivity index (χ0) is 14.1. The molecule has 1 aromatic carbocycles. The van der Waals surface area contributed by atoms with Gasteiger partial charge in [-0.15, -0.1) is 0 Å². The number of rotatable bonds is 2. The number of nitrogens with one attached hydrogen (secondary N) is 1. The first-order valence-corrected chi connectivity index (χ1v) is 7.52. The van der Waals surface area contributed by atoms with Crippen molar-refractivity contribution in [2.24, 2.45) is 0 Å². The highest BCUT2D eigenvalue weighted by Gasteiger charge is 2.21. The number of halogens is 1. The molecule has 0 fully saturated rings. The minimum absolute atomic E-state index is 0.230. The van der Waals surface area contributed by atoms with Crippen molar-refractivity contribution in [3.63, 3.8) is 0 Å². The van der Waals surface area contributed by atoms with Crippen LogP contribution in [0.3, 0.4) is 0 Å². The third-order valence-corrected chi connectivity index (χ3v) is 4.48. The molecule has 1 unspecified atom stereocenters. The zero-order valence-electron chi connectivity index (χ0n) is 10.9. The normalized spacial score (nSPS) is 17.8. The first-order chi connectivity index (χ1) is 9.66. The highest BCUT2D eigenvalue weighted by Crippen LogP contribution is 2.32. The molecule has 0 radical (unpaired) electrons. The van der Waals surface area contributed by atoms with E-state index in [1.54, 1.807) is 0 Å². The molecule has 0 aliphatic heterocycles. The molecule has 1 aliphatic carbocycles. The first kappa shape index (κ1) is 13.4. The number of nitrogens with zero attached hydrogens (tertiary/aromatic N) is 1. The van der Waals surface area contributed by atoms with Crippen LogP contribution in [-0.4, -0.2) is 9.55 Å². The van der Waals surface area contributed by atoms with E-state index in [2.05, 4.69) is 33.0 Å². The Kier molecular flexibility index (Phi) is 3.61. The van der Waals surface area contributed by atoms with Crippen LogP contribution < -0.4 is 11.2 Å². The molecule has 4 nitrogen and oxygen atoms in total. The Balaban J connectivity index is 2.00. The average Bonchev–Trinajstić information content (AvgIpc) is 2.48. The SMILES string of the molecule is O=c1[nH]cc(Br)c(=O)n1CC1CCCc2ccccc21. The number of benzene rings is 1. The van der Waals surface area contributed by atoms with Crippen molar-refractivity contribution in [2.75, 3.05) is 0 Å². The van der Waals surface area contributed by atoms with Crippen LogP contribution >= 0.6 is 15.9 Å². The van der Waals surface area contributed by atoms with Crippen molar-refractivity contribution in [1.29, 1.82) is 0 Å². The molecule has 20 heavy (non-hydrogen) atoms. The molecule has 1 heterocycles. The predicted molar refractivity (Wildman–Crippen MR) is 81.1 cm³/mol. The monoisotopic (exact) mass is 334 g/mol. The molecule has 0 bridgehead atoms. The van der Waals surface area contributed by atoms with Gasteiger partial charge >= 0.3 is 5.69 Å². The Bertz CT molecular complexity index is 748. The maximum absolute atomic E-state index is 12.1. The summed E-state index contributed by atoms with van der Waals surface area (Å²) in [5, 5.41) is 0. The summed E-state index contributed by atoms with van der Waals surface area (Å²) in [5.74, 6) is 0.230. The van der Waals surface area contributed by atoms with E-state index in [1.807, 2.05) is 12.1 Å². The van der Waals surface area contributed by atoms with Crippen molar-refractivity contribution in [2.45, 2.75) is 31.7 Å².